The summed E-state index contributed by atoms with van der Waals surface area (Å²) in [6.07, 6.45) is 2.75. The van der Waals surface area contributed by atoms with Crippen LogP contribution in [0.15, 0.2) is 18.2 Å². The van der Waals surface area contributed by atoms with Gasteiger partial charge in [0.25, 0.3) is 0 Å². The number of carbonyl (C=O) groups is 1. The van der Waals surface area contributed by atoms with Crippen molar-refractivity contribution in [1.82, 2.24) is 0 Å². The fraction of sp³-hybridized carbons (Fsp3) is 0.500. The molecule has 106 valence electrons. The van der Waals surface area contributed by atoms with Crippen molar-refractivity contribution in [3.8, 4) is 0 Å². The van der Waals surface area contributed by atoms with Crippen molar-refractivity contribution in [2.45, 2.75) is 39.2 Å². The average Bonchev–Trinajstić information content (AvgIpc) is 2.32. The van der Waals surface area contributed by atoms with Gasteiger partial charge in [0.15, 0.2) is 0 Å². The van der Waals surface area contributed by atoms with Gasteiger partial charge in [-0.3, -0.25) is 4.79 Å². The number of amides is 1. The second kappa shape index (κ2) is 8.07. The molecule has 19 heavy (non-hydrogen) atoms. The molecule has 2 atom stereocenters. The molecule has 1 rings (SSSR count). The van der Waals surface area contributed by atoms with Crippen LogP contribution in [0, 0.1) is 9.49 Å². The second-order valence-electron chi connectivity index (χ2n) is 4.92. The molecule has 0 radical (unpaired) electrons. The van der Waals surface area contributed by atoms with Gasteiger partial charge in [-0.15, -0.1) is 0 Å². The molecule has 0 aliphatic carbocycles. The maximum Gasteiger partial charge on any atom is 0.227 e. The molecule has 0 heterocycles. The summed E-state index contributed by atoms with van der Waals surface area (Å²) in [6, 6.07) is 5.78. The Labute approximate surface area is 133 Å². The van der Waals surface area contributed by atoms with Crippen molar-refractivity contribution in [1.29, 1.82) is 0 Å². The van der Waals surface area contributed by atoms with E-state index in [2.05, 4.69) is 27.9 Å². The summed E-state index contributed by atoms with van der Waals surface area (Å²) in [5.74, 6) is -0.0260. The van der Waals surface area contributed by atoms with Crippen LogP contribution in [0.2, 0.25) is 5.02 Å². The topological polar surface area (TPSA) is 55.1 Å². The van der Waals surface area contributed by atoms with Crippen LogP contribution in [0.4, 0.5) is 5.69 Å². The van der Waals surface area contributed by atoms with E-state index in [1.807, 2.05) is 32.0 Å². The molecule has 1 amide bonds. The van der Waals surface area contributed by atoms with Crippen LogP contribution >= 0.6 is 34.2 Å². The largest absolute Gasteiger partial charge is 0.328 e. The zero-order chi connectivity index (χ0) is 14.4. The predicted molar refractivity (Wildman–Crippen MR) is 89.5 cm³/mol. The zero-order valence-corrected chi connectivity index (χ0v) is 14.2. The highest BCUT2D eigenvalue weighted by molar-refractivity contribution is 14.1. The van der Waals surface area contributed by atoms with Gasteiger partial charge in [-0.1, -0.05) is 24.9 Å². The average molecular weight is 395 g/mol. The van der Waals surface area contributed by atoms with Gasteiger partial charge in [0.2, 0.25) is 5.91 Å². The quantitative estimate of drug-likeness (QED) is 0.716. The van der Waals surface area contributed by atoms with Crippen LogP contribution in [-0.2, 0) is 4.79 Å². The highest BCUT2D eigenvalue weighted by Crippen LogP contribution is 2.24. The number of halogens is 2. The van der Waals surface area contributed by atoms with Crippen LogP contribution in [0.5, 0.6) is 0 Å². The molecule has 5 heteroatoms. The van der Waals surface area contributed by atoms with Gasteiger partial charge in [0, 0.05) is 15.5 Å². The number of nitrogens with one attached hydrogen (secondary N) is 1. The fourth-order valence-corrected chi connectivity index (χ4v) is 2.63. The lowest BCUT2D eigenvalue weighted by Gasteiger charge is -2.14. The van der Waals surface area contributed by atoms with Crippen molar-refractivity contribution in [2.75, 3.05) is 5.32 Å². The second-order valence-corrected chi connectivity index (χ2v) is 6.58. The lowest BCUT2D eigenvalue weighted by atomic mass is 10.0. The molecule has 0 spiro atoms. The van der Waals surface area contributed by atoms with E-state index in [1.54, 1.807) is 0 Å². The normalized spacial score (nSPS) is 13.9. The minimum atomic E-state index is -0.0332. The Bertz CT molecular complexity index is 437. The molecule has 0 aliphatic heterocycles. The van der Waals surface area contributed by atoms with E-state index in [9.17, 15) is 4.79 Å². The molecule has 1 aromatic carbocycles. The highest BCUT2D eigenvalue weighted by atomic mass is 127. The monoisotopic (exact) mass is 394 g/mol. The van der Waals surface area contributed by atoms with Gasteiger partial charge < -0.3 is 11.1 Å². The van der Waals surface area contributed by atoms with Crippen LogP contribution in [0.1, 0.15) is 33.1 Å². The van der Waals surface area contributed by atoms with E-state index in [0.717, 1.165) is 22.8 Å². The smallest absolute Gasteiger partial charge is 0.227 e. The third kappa shape index (κ3) is 6.10. The lowest BCUT2D eigenvalue weighted by Crippen LogP contribution is -2.21. The van der Waals surface area contributed by atoms with E-state index >= 15 is 0 Å². The Balaban J connectivity index is 2.49. The van der Waals surface area contributed by atoms with Crippen molar-refractivity contribution >= 4 is 45.8 Å². The first-order chi connectivity index (χ1) is 8.90. The van der Waals surface area contributed by atoms with Crippen LogP contribution < -0.4 is 11.1 Å². The summed E-state index contributed by atoms with van der Waals surface area (Å²) in [6.45, 7) is 3.91. The van der Waals surface area contributed by atoms with Crippen molar-refractivity contribution in [3.05, 3.63) is 26.8 Å². The Morgan fingerprint density at radius 1 is 1.42 bits per heavy atom. The summed E-state index contributed by atoms with van der Waals surface area (Å²) in [5.41, 5.74) is 6.37. The van der Waals surface area contributed by atoms with Crippen LogP contribution in [-0.4, -0.2) is 11.9 Å². The molecule has 0 bridgehead atoms. The third-order valence-electron chi connectivity index (χ3n) is 2.93. The van der Waals surface area contributed by atoms with Crippen molar-refractivity contribution in [3.63, 3.8) is 0 Å². The van der Waals surface area contributed by atoms with E-state index in [0.29, 0.717) is 10.7 Å². The van der Waals surface area contributed by atoms with Crippen LogP contribution in [0.25, 0.3) is 0 Å². The lowest BCUT2D eigenvalue weighted by molar-refractivity contribution is -0.119. The Morgan fingerprint density at radius 2 is 2.11 bits per heavy atom. The maximum absolute atomic E-state index is 12.0. The molecule has 3 N–H and O–H groups in total. The minimum absolute atomic E-state index is 0.00721. The first-order valence-corrected chi connectivity index (χ1v) is 7.87. The Hall–Kier alpha value is -0.330. The van der Waals surface area contributed by atoms with Crippen molar-refractivity contribution < 1.29 is 4.79 Å². The first-order valence-electron chi connectivity index (χ1n) is 6.41. The van der Waals surface area contributed by atoms with Crippen molar-refractivity contribution in [2.24, 2.45) is 11.7 Å². The summed E-state index contributed by atoms with van der Waals surface area (Å²) in [7, 11) is 0. The van der Waals surface area contributed by atoms with Gasteiger partial charge in [0.05, 0.1) is 10.7 Å². The summed E-state index contributed by atoms with van der Waals surface area (Å²) >= 11 is 8.27. The van der Waals surface area contributed by atoms with E-state index < -0.39 is 0 Å². The molecule has 2 unspecified atom stereocenters. The molecule has 0 fully saturated rings. The molecule has 3 nitrogen and oxygen atoms in total. The third-order valence-corrected chi connectivity index (χ3v) is 3.92. The van der Waals surface area contributed by atoms with Gasteiger partial charge >= 0.3 is 0 Å². The Morgan fingerprint density at radius 3 is 2.68 bits per heavy atom. The number of carbonyl (C=O) groups excluding carboxylic acids is 1. The molecule has 0 saturated carbocycles. The highest BCUT2D eigenvalue weighted by Gasteiger charge is 2.14. The van der Waals surface area contributed by atoms with Crippen LogP contribution in [0.3, 0.4) is 0 Å². The summed E-state index contributed by atoms with van der Waals surface area (Å²) in [4.78, 5) is 12.0. The number of anilines is 1. The number of rotatable bonds is 6. The zero-order valence-electron chi connectivity index (χ0n) is 11.2. The molecular formula is C14H20ClIN2O. The fourth-order valence-electron chi connectivity index (χ4n) is 1.72. The molecule has 0 saturated heterocycles. The Kier molecular flexibility index (Phi) is 7.10. The predicted octanol–water partition coefficient (Wildman–Crippen LogP) is 4.04. The molecule has 0 aromatic heterocycles. The number of benzene rings is 1. The van der Waals surface area contributed by atoms with Gasteiger partial charge in [-0.05, 0) is 60.6 Å². The number of hydrogen-bond acceptors (Lipinski definition) is 2. The first kappa shape index (κ1) is 16.7. The summed E-state index contributed by atoms with van der Waals surface area (Å²) < 4.78 is 1.05. The van der Waals surface area contributed by atoms with Gasteiger partial charge in [-0.25, -0.2) is 0 Å². The van der Waals surface area contributed by atoms with E-state index in [1.165, 1.54) is 0 Å². The summed E-state index contributed by atoms with van der Waals surface area (Å²) in [5, 5.41) is 3.44. The standard InChI is InChI=1S/C14H20ClIN2O/c1-9(4-3-5-10(2)17)14(19)18-13-7-6-11(16)8-12(13)15/h6-10H,3-5,17H2,1-2H3,(H,18,19). The molecular weight excluding hydrogens is 375 g/mol. The maximum atomic E-state index is 12.0. The van der Waals surface area contributed by atoms with E-state index in [4.69, 9.17) is 17.3 Å². The number of nitrogens with two attached hydrogens (primary N) is 1. The van der Waals surface area contributed by atoms with Gasteiger partial charge in [0.1, 0.15) is 0 Å². The molecule has 1 aromatic rings. The van der Waals surface area contributed by atoms with Gasteiger partial charge in [-0.2, -0.15) is 0 Å². The number of hydrogen-bond donors (Lipinski definition) is 2. The molecule has 0 aliphatic rings. The van der Waals surface area contributed by atoms with E-state index in [-0.39, 0.29) is 17.9 Å². The SMILES string of the molecule is CC(N)CCCC(C)C(=O)Nc1ccc(I)cc1Cl. The minimum Gasteiger partial charge on any atom is -0.328 e.